The van der Waals surface area contributed by atoms with Crippen molar-refractivity contribution in [3.05, 3.63) is 16.5 Å². The molecule has 0 radical (unpaired) electrons. The highest BCUT2D eigenvalue weighted by Crippen LogP contribution is 2.26. The third-order valence-electron chi connectivity index (χ3n) is 3.36. The number of nitrogens with one attached hydrogen (secondary N) is 1. The topological polar surface area (TPSA) is 66.4 Å². The minimum Gasteiger partial charge on any atom is -0.391 e. The lowest BCUT2D eigenvalue weighted by Gasteiger charge is -2.28. The first-order valence-corrected chi connectivity index (χ1v) is 9.45. The molecule has 2 N–H and O–H groups in total. The molecule has 1 aromatic rings. The molecular weight excluding hydrogens is 318 g/mol. The monoisotopic (exact) mass is 339 g/mol. The highest BCUT2D eigenvalue weighted by molar-refractivity contribution is 7.91. The standard InChI is InChI=1S/C13H22ClNO3S2/c1-4-6-10(16)13(9(3)5-2)15-20(17,18)12-8-7-11(14)19-12/h7-10,13,15-16H,4-6H2,1-3H3/t9-,10?,13-/m0/s1. The quantitative estimate of drug-likeness (QED) is 0.764. The van der Waals surface area contributed by atoms with Crippen LogP contribution in [0.3, 0.4) is 0 Å². The summed E-state index contributed by atoms with van der Waals surface area (Å²) < 4.78 is 27.9. The first-order chi connectivity index (χ1) is 9.31. The van der Waals surface area contributed by atoms with Gasteiger partial charge in [-0.2, -0.15) is 0 Å². The highest BCUT2D eigenvalue weighted by atomic mass is 35.5. The summed E-state index contributed by atoms with van der Waals surface area (Å²) in [4.78, 5) is 0. The van der Waals surface area contributed by atoms with E-state index >= 15 is 0 Å². The average Bonchev–Trinajstić information content (AvgIpc) is 2.83. The molecule has 0 amide bonds. The van der Waals surface area contributed by atoms with E-state index in [0.717, 1.165) is 24.2 Å². The van der Waals surface area contributed by atoms with Gasteiger partial charge in [0, 0.05) is 0 Å². The summed E-state index contributed by atoms with van der Waals surface area (Å²) in [6.07, 6.45) is 1.49. The largest absolute Gasteiger partial charge is 0.391 e. The van der Waals surface area contributed by atoms with Gasteiger partial charge < -0.3 is 5.11 Å². The van der Waals surface area contributed by atoms with Crippen molar-refractivity contribution in [2.24, 2.45) is 5.92 Å². The second kappa shape index (κ2) is 7.75. The second-order valence-corrected chi connectivity index (χ2v) is 8.60. The van der Waals surface area contributed by atoms with Crippen LogP contribution in [0, 0.1) is 5.92 Å². The molecule has 4 nitrogen and oxygen atoms in total. The molecule has 0 fully saturated rings. The van der Waals surface area contributed by atoms with Crippen molar-refractivity contribution in [3.8, 4) is 0 Å². The third kappa shape index (κ3) is 4.70. The van der Waals surface area contributed by atoms with Crippen LogP contribution < -0.4 is 4.72 Å². The van der Waals surface area contributed by atoms with Crippen LogP contribution in [0.15, 0.2) is 16.3 Å². The zero-order chi connectivity index (χ0) is 15.3. The summed E-state index contributed by atoms with van der Waals surface area (Å²) in [5.74, 6) is 0.0572. The molecule has 1 rings (SSSR count). The molecule has 1 heterocycles. The fraction of sp³-hybridized carbons (Fsp3) is 0.692. The van der Waals surface area contributed by atoms with Crippen LogP contribution in [-0.4, -0.2) is 25.7 Å². The van der Waals surface area contributed by atoms with Crippen LogP contribution >= 0.6 is 22.9 Å². The molecule has 1 aromatic heterocycles. The van der Waals surface area contributed by atoms with Crippen LogP contribution in [0.4, 0.5) is 0 Å². The van der Waals surface area contributed by atoms with Gasteiger partial charge in [-0.05, 0) is 24.5 Å². The maximum absolute atomic E-state index is 12.3. The van der Waals surface area contributed by atoms with Crippen LogP contribution in [0.25, 0.3) is 0 Å². The van der Waals surface area contributed by atoms with E-state index in [0.29, 0.717) is 10.8 Å². The van der Waals surface area contributed by atoms with Crippen LogP contribution in [-0.2, 0) is 10.0 Å². The number of aliphatic hydroxyl groups is 1. The van der Waals surface area contributed by atoms with Crippen molar-refractivity contribution >= 4 is 33.0 Å². The summed E-state index contributed by atoms with van der Waals surface area (Å²) in [7, 11) is -3.63. The Kier molecular flexibility index (Phi) is 6.94. The lowest BCUT2D eigenvalue weighted by Crippen LogP contribution is -2.47. The van der Waals surface area contributed by atoms with Crippen molar-refractivity contribution < 1.29 is 13.5 Å². The van der Waals surface area contributed by atoms with Crippen molar-refractivity contribution in [2.45, 2.75) is 56.4 Å². The first-order valence-electron chi connectivity index (χ1n) is 6.77. The maximum atomic E-state index is 12.3. The predicted molar refractivity (Wildman–Crippen MR) is 83.8 cm³/mol. The van der Waals surface area contributed by atoms with E-state index in [1.807, 2.05) is 20.8 Å². The molecule has 1 unspecified atom stereocenters. The zero-order valence-corrected chi connectivity index (χ0v) is 14.4. The Hall–Kier alpha value is -0.140. The van der Waals surface area contributed by atoms with Gasteiger partial charge in [0.2, 0.25) is 10.0 Å². The number of rotatable bonds is 8. The smallest absolute Gasteiger partial charge is 0.250 e. The van der Waals surface area contributed by atoms with Crippen LogP contribution in [0.5, 0.6) is 0 Å². The van der Waals surface area contributed by atoms with E-state index in [1.54, 1.807) is 6.07 Å². The number of thiophene rings is 1. The van der Waals surface area contributed by atoms with Gasteiger partial charge in [-0.1, -0.05) is 45.2 Å². The number of hydrogen-bond donors (Lipinski definition) is 2. The minimum atomic E-state index is -3.63. The van der Waals surface area contributed by atoms with Crippen LogP contribution in [0.2, 0.25) is 4.34 Å². The normalized spacial score (nSPS) is 16.9. The molecule has 0 bridgehead atoms. The fourth-order valence-corrected chi connectivity index (χ4v) is 4.86. The van der Waals surface area contributed by atoms with Gasteiger partial charge in [-0.25, -0.2) is 13.1 Å². The molecule has 3 atom stereocenters. The SMILES string of the molecule is CCCC(O)[C@@H](NS(=O)(=O)c1ccc(Cl)s1)[C@@H](C)CC. The maximum Gasteiger partial charge on any atom is 0.250 e. The van der Waals surface area contributed by atoms with E-state index < -0.39 is 22.2 Å². The van der Waals surface area contributed by atoms with Gasteiger partial charge in [0.05, 0.1) is 16.5 Å². The Morgan fingerprint density at radius 1 is 1.40 bits per heavy atom. The van der Waals surface area contributed by atoms with Gasteiger partial charge in [0.1, 0.15) is 4.21 Å². The van der Waals surface area contributed by atoms with E-state index in [1.165, 1.54) is 6.07 Å². The molecule has 0 saturated carbocycles. The summed E-state index contributed by atoms with van der Waals surface area (Å²) >= 11 is 6.80. The van der Waals surface area contributed by atoms with Gasteiger partial charge >= 0.3 is 0 Å². The molecule has 0 aliphatic rings. The summed E-state index contributed by atoms with van der Waals surface area (Å²) in [5, 5.41) is 10.2. The van der Waals surface area contributed by atoms with Gasteiger partial charge in [0.25, 0.3) is 0 Å². The third-order valence-corrected chi connectivity index (χ3v) is 6.54. The van der Waals surface area contributed by atoms with Crippen molar-refractivity contribution in [2.75, 3.05) is 0 Å². The Balaban J connectivity index is 2.94. The Labute approximate surface area is 130 Å². The van der Waals surface area contributed by atoms with E-state index in [9.17, 15) is 13.5 Å². The number of halogens is 1. The van der Waals surface area contributed by atoms with Gasteiger partial charge in [-0.15, -0.1) is 11.3 Å². The van der Waals surface area contributed by atoms with Crippen molar-refractivity contribution in [1.29, 1.82) is 0 Å². The number of sulfonamides is 1. The number of aliphatic hydroxyl groups excluding tert-OH is 1. The molecule has 0 aliphatic carbocycles. The minimum absolute atomic E-state index is 0.0572. The van der Waals surface area contributed by atoms with E-state index in [4.69, 9.17) is 11.6 Å². The highest BCUT2D eigenvalue weighted by Gasteiger charge is 2.29. The fourth-order valence-electron chi connectivity index (χ4n) is 1.98. The Morgan fingerprint density at radius 3 is 2.50 bits per heavy atom. The zero-order valence-electron chi connectivity index (χ0n) is 12.0. The molecule has 0 aromatic carbocycles. The molecule has 0 saturated heterocycles. The van der Waals surface area contributed by atoms with E-state index in [2.05, 4.69) is 4.72 Å². The number of hydrogen-bond acceptors (Lipinski definition) is 4. The van der Waals surface area contributed by atoms with Crippen LogP contribution in [0.1, 0.15) is 40.0 Å². The van der Waals surface area contributed by atoms with Crippen molar-refractivity contribution in [1.82, 2.24) is 4.72 Å². The Bertz CT molecular complexity index is 515. The van der Waals surface area contributed by atoms with Crippen molar-refractivity contribution in [3.63, 3.8) is 0 Å². The lowest BCUT2D eigenvalue weighted by molar-refractivity contribution is 0.102. The predicted octanol–water partition coefficient (Wildman–Crippen LogP) is 3.26. The molecule has 20 heavy (non-hydrogen) atoms. The second-order valence-electron chi connectivity index (χ2n) is 4.95. The average molecular weight is 340 g/mol. The Morgan fingerprint density at radius 2 is 2.05 bits per heavy atom. The lowest BCUT2D eigenvalue weighted by atomic mass is 9.93. The molecule has 116 valence electrons. The summed E-state index contributed by atoms with van der Waals surface area (Å²) in [5.41, 5.74) is 0. The summed E-state index contributed by atoms with van der Waals surface area (Å²) in [6, 6.07) is 2.56. The molecule has 0 aliphatic heterocycles. The molecule has 0 spiro atoms. The van der Waals surface area contributed by atoms with Gasteiger partial charge in [0.15, 0.2) is 0 Å². The molecular formula is C13H22ClNO3S2. The first kappa shape index (κ1) is 17.9. The van der Waals surface area contributed by atoms with Gasteiger partial charge in [-0.3, -0.25) is 0 Å². The summed E-state index contributed by atoms with van der Waals surface area (Å²) in [6.45, 7) is 5.88. The van der Waals surface area contributed by atoms with E-state index in [-0.39, 0.29) is 10.1 Å². The molecule has 7 heteroatoms.